The molecule has 6 heteroatoms. The van der Waals surface area contributed by atoms with Crippen molar-refractivity contribution >= 4 is 17.2 Å². The van der Waals surface area contributed by atoms with Crippen LogP contribution in [0, 0.1) is 6.92 Å². The first kappa shape index (κ1) is 16.6. The van der Waals surface area contributed by atoms with Gasteiger partial charge in [0, 0.05) is 44.3 Å². The first-order chi connectivity index (χ1) is 12.6. The van der Waals surface area contributed by atoms with Gasteiger partial charge in [0.1, 0.15) is 5.56 Å². The van der Waals surface area contributed by atoms with Crippen molar-refractivity contribution in [3.8, 4) is 0 Å². The standard InChI is InChI=1S/C20H23N5O/c1-15-18(19-21-11-7-13-25(19)22-15)20(26)23(2)17-10-6-12-24(14-17)16-8-4-3-5-9-16/h3-5,7-9,11,13,17H,6,10,12,14H2,1-2H3/t17-/m0/s1. The average Bonchev–Trinajstić information content (AvgIpc) is 3.03. The highest BCUT2D eigenvalue weighted by molar-refractivity contribution is 6.01. The van der Waals surface area contributed by atoms with Gasteiger partial charge >= 0.3 is 0 Å². The summed E-state index contributed by atoms with van der Waals surface area (Å²) in [6.45, 7) is 3.74. The predicted molar refractivity (Wildman–Crippen MR) is 101 cm³/mol. The minimum absolute atomic E-state index is 0.00360. The van der Waals surface area contributed by atoms with E-state index in [9.17, 15) is 4.79 Å². The monoisotopic (exact) mass is 349 g/mol. The van der Waals surface area contributed by atoms with Crippen LogP contribution in [0.25, 0.3) is 5.65 Å². The molecule has 0 spiro atoms. The SMILES string of the molecule is Cc1nn2cccnc2c1C(=O)N(C)[C@H]1CCCN(c2ccccc2)C1. The van der Waals surface area contributed by atoms with Crippen LogP contribution < -0.4 is 4.90 Å². The lowest BCUT2D eigenvalue weighted by molar-refractivity contribution is 0.0718. The van der Waals surface area contributed by atoms with E-state index < -0.39 is 0 Å². The van der Waals surface area contributed by atoms with Crippen molar-refractivity contribution in [2.24, 2.45) is 0 Å². The number of aromatic nitrogens is 3. The third-order valence-corrected chi connectivity index (χ3v) is 5.17. The normalized spacial score (nSPS) is 17.5. The highest BCUT2D eigenvalue weighted by atomic mass is 16.2. The van der Waals surface area contributed by atoms with Crippen LogP contribution in [0.1, 0.15) is 28.9 Å². The molecule has 1 aliphatic heterocycles. The van der Waals surface area contributed by atoms with Crippen LogP contribution in [0.15, 0.2) is 48.8 Å². The number of benzene rings is 1. The summed E-state index contributed by atoms with van der Waals surface area (Å²) in [4.78, 5) is 21.8. The molecule has 1 saturated heterocycles. The van der Waals surface area contributed by atoms with Gasteiger partial charge in [0.2, 0.25) is 0 Å². The van der Waals surface area contributed by atoms with E-state index in [0.717, 1.165) is 31.6 Å². The molecule has 0 aliphatic carbocycles. The third kappa shape index (κ3) is 2.92. The predicted octanol–water partition coefficient (Wildman–Crippen LogP) is 2.78. The van der Waals surface area contributed by atoms with Gasteiger partial charge in [-0.2, -0.15) is 5.10 Å². The molecule has 0 saturated carbocycles. The molecule has 4 rings (SSSR count). The summed E-state index contributed by atoms with van der Waals surface area (Å²) in [6.07, 6.45) is 5.61. The molecule has 6 nitrogen and oxygen atoms in total. The largest absolute Gasteiger partial charge is 0.369 e. The Bertz CT molecular complexity index is 920. The molecule has 1 amide bonds. The van der Waals surface area contributed by atoms with E-state index in [4.69, 9.17) is 0 Å². The second-order valence-corrected chi connectivity index (χ2v) is 6.84. The van der Waals surface area contributed by atoms with Gasteiger partial charge in [0.25, 0.3) is 5.91 Å². The molecule has 1 aliphatic rings. The van der Waals surface area contributed by atoms with Gasteiger partial charge in [-0.1, -0.05) is 18.2 Å². The Morgan fingerprint density at radius 3 is 2.85 bits per heavy atom. The number of piperidine rings is 1. The Morgan fingerprint density at radius 1 is 1.23 bits per heavy atom. The van der Waals surface area contributed by atoms with Crippen LogP contribution >= 0.6 is 0 Å². The Kier molecular flexibility index (Phi) is 4.32. The average molecular weight is 349 g/mol. The number of rotatable bonds is 3. The molecule has 0 bridgehead atoms. The summed E-state index contributed by atoms with van der Waals surface area (Å²) in [7, 11) is 1.90. The fraction of sp³-hybridized carbons (Fsp3) is 0.350. The van der Waals surface area contributed by atoms with E-state index in [-0.39, 0.29) is 11.9 Å². The number of aryl methyl sites for hydroxylation is 1. The number of fused-ring (bicyclic) bond motifs is 1. The third-order valence-electron chi connectivity index (χ3n) is 5.17. The maximum absolute atomic E-state index is 13.2. The molecule has 134 valence electrons. The fourth-order valence-electron chi connectivity index (χ4n) is 3.73. The van der Waals surface area contributed by atoms with Gasteiger partial charge in [-0.3, -0.25) is 4.79 Å². The summed E-state index contributed by atoms with van der Waals surface area (Å²) in [5.74, 6) is -0.00360. The molecule has 0 radical (unpaired) electrons. The second-order valence-electron chi connectivity index (χ2n) is 6.84. The first-order valence-corrected chi connectivity index (χ1v) is 9.02. The van der Waals surface area contributed by atoms with Gasteiger partial charge in [-0.05, 0) is 38.0 Å². The van der Waals surface area contributed by atoms with E-state index in [1.165, 1.54) is 5.69 Å². The van der Waals surface area contributed by atoms with Crippen LogP contribution in [0.2, 0.25) is 0 Å². The van der Waals surface area contributed by atoms with Crippen LogP contribution in [0.4, 0.5) is 5.69 Å². The number of likely N-dealkylation sites (N-methyl/N-ethyl adjacent to an activating group) is 1. The zero-order chi connectivity index (χ0) is 18.1. The maximum atomic E-state index is 13.2. The van der Waals surface area contributed by atoms with Crippen molar-refractivity contribution in [1.29, 1.82) is 0 Å². The molecule has 26 heavy (non-hydrogen) atoms. The number of carbonyl (C=O) groups excluding carboxylic acids is 1. The lowest BCUT2D eigenvalue weighted by atomic mass is 10.0. The van der Waals surface area contributed by atoms with E-state index in [2.05, 4.69) is 39.2 Å². The van der Waals surface area contributed by atoms with Crippen LogP contribution in [-0.2, 0) is 0 Å². The lowest BCUT2D eigenvalue weighted by Gasteiger charge is -2.38. The smallest absolute Gasteiger partial charge is 0.259 e. The fourth-order valence-corrected chi connectivity index (χ4v) is 3.73. The molecule has 3 aromatic rings. The minimum atomic E-state index is -0.00360. The van der Waals surface area contributed by atoms with Crippen molar-refractivity contribution in [2.75, 3.05) is 25.0 Å². The first-order valence-electron chi connectivity index (χ1n) is 9.02. The Balaban J connectivity index is 1.57. The van der Waals surface area contributed by atoms with Crippen molar-refractivity contribution in [3.63, 3.8) is 0 Å². The number of anilines is 1. The Hall–Kier alpha value is -2.89. The highest BCUT2D eigenvalue weighted by Crippen LogP contribution is 2.24. The number of carbonyl (C=O) groups is 1. The summed E-state index contributed by atoms with van der Waals surface area (Å²) < 4.78 is 1.67. The quantitative estimate of drug-likeness (QED) is 0.730. The van der Waals surface area contributed by atoms with Crippen molar-refractivity contribution < 1.29 is 4.79 Å². The summed E-state index contributed by atoms with van der Waals surface area (Å²) in [5.41, 5.74) is 3.16. The molecule has 1 fully saturated rings. The van der Waals surface area contributed by atoms with Gasteiger partial charge in [0.05, 0.1) is 5.69 Å². The molecule has 3 heterocycles. The van der Waals surface area contributed by atoms with Gasteiger partial charge < -0.3 is 9.80 Å². The lowest BCUT2D eigenvalue weighted by Crippen LogP contribution is -2.48. The summed E-state index contributed by atoms with van der Waals surface area (Å²) in [5, 5.41) is 4.42. The van der Waals surface area contributed by atoms with Crippen molar-refractivity contribution in [3.05, 3.63) is 60.0 Å². The molecule has 0 unspecified atom stereocenters. The van der Waals surface area contributed by atoms with Crippen LogP contribution in [0.5, 0.6) is 0 Å². The zero-order valence-electron chi connectivity index (χ0n) is 15.2. The minimum Gasteiger partial charge on any atom is -0.369 e. The summed E-state index contributed by atoms with van der Waals surface area (Å²) >= 11 is 0. The molecular weight excluding hydrogens is 326 g/mol. The number of para-hydroxylation sites is 1. The zero-order valence-corrected chi connectivity index (χ0v) is 15.2. The number of hydrogen-bond acceptors (Lipinski definition) is 4. The number of hydrogen-bond donors (Lipinski definition) is 0. The topological polar surface area (TPSA) is 53.7 Å². The Labute approximate surface area is 153 Å². The van der Waals surface area contributed by atoms with Gasteiger partial charge in [0.15, 0.2) is 5.65 Å². The van der Waals surface area contributed by atoms with E-state index in [1.54, 1.807) is 10.7 Å². The van der Waals surface area contributed by atoms with Crippen LogP contribution in [0.3, 0.4) is 0 Å². The van der Waals surface area contributed by atoms with Gasteiger partial charge in [-0.25, -0.2) is 9.50 Å². The van der Waals surface area contributed by atoms with E-state index in [1.807, 2.05) is 37.2 Å². The maximum Gasteiger partial charge on any atom is 0.259 e. The highest BCUT2D eigenvalue weighted by Gasteiger charge is 2.29. The number of amides is 1. The van der Waals surface area contributed by atoms with E-state index in [0.29, 0.717) is 11.2 Å². The molecule has 1 atom stereocenters. The van der Waals surface area contributed by atoms with E-state index >= 15 is 0 Å². The molecule has 1 aromatic carbocycles. The molecule has 0 N–H and O–H groups in total. The second kappa shape index (κ2) is 6.78. The van der Waals surface area contributed by atoms with Crippen LogP contribution in [-0.4, -0.2) is 51.6 Å². The number of nitrogens with zero attached hydrogens (tertiary/aromatic N) is 5. The summed E-state index contributed by atoms with van der Waals surface area (Å²) in [6, 6.07) is 12.4. The Morgan fingerprint density at radius 2 is 2.04 bits per heavy atom. The van der Waals surface area contributed by atoms with Gasteiger partial charge in [-0.15, -0.1) is 0 Å². The van der Waals surface area contributed by atoms with Crippen molar-refractivity contribution in [2.45, 2.75) is 25.8 Å². The van der Waals surface area contributed by atoms with Crippen molar-refractivity contribution in [1.82, 2.24) is 19.5 Å². The molecule has 2 aromatic heterocycles. The molecular formula is C20H23N5O.